The van der Waals surface area contributed by atoms with Gasteiger partial charge < -0.3 is 15.4 Å². The fourth-order valence-electron chi connectivity index (χ4n) is 3.13. The molecule has 9 heteroatoms. The van der Waals surface area contributed by atoms with Crippen molar-refractivity contribution in [2.75, 3.05) is 39.9 Å². The number of hydrogen-bond donors (Lipinski definition) is 2. The minimum Gasteiger partial charge on any atom is -0.379 e. The lowest BCUT2D eigenvalue weighted by Crippen LogP contribution is -2.52. The van der Waals surface area contributed by atoms with Crippen LogP contribution >= 0.6 is 24.0 Å². The Bertz CT molecular complexity index is 621. The number of nitro benzene ring substituents is 1. The van der Waals surface area contributed by atoms with E-state index in [2.05, 4.69) is 34.4 Å². The number of ether oxygens (including phenoxy) is 1. The molecule has 0 amide bonds. The maximum Gasteiger partial charge on any atom is 0.274 e. The van der Waals surface area contributed by atoms with E-state index in [1.165, 1.54) is 6.07 Å². The van der Waals surface area contributed by atoms with Crippen molar-refractivity contribution < 1.29 is 9.66 Å². The van der Waals surface area contributed by atoms with E-state index >= 15 is 0 Å². The second-order valence-electron chi connectivity index (χ2n) is 6.65. The number of nitro groups is 1. The zero-order valence-electron chi connectivity index (χ0n) is 16.2. The molecule has 2 rings (SSSR count). The van der Waals surface area contributed by atoms with E-state index < -0.39 is 0 Å². The van der Waals surface area contributed by atoms with Crippen LogP contribution in [-0.2, 0) is 11.3 Å². The molecule has 0 saturated carbocycles. The maximum absolute atomic E-state index is 11.1. The van der Waals surface area contributed by atoms with E-state index in [0.717, 1.165) is 32.8 Å². The van der Waals surface area contributed by atoms with Crippen LogP contribution < -0.4 is 10.6 Å². The number of halogens is 1. The molecule has 0 aromatic heterocycles. The second kappa shape index (κ2) is 12.1. The minimum atomic E-state index is -0.361. The summed E-state index contributed by atoms with van der Waals surface area (Å²) >= 11 is 0. The van der Waals surface area contributed by atoms with E-state index in [1.54, 1.807) is 25.2 Å². The Morgan fingerprint density at radius 1 is 1.30 bits per heavy atom. The molecular weight excluding hydrogens is 461 g/mol. The first kappa shape index (κ1) is 23.6. The SMILES string of the molecule is CN=C(NCc1ccccc1[N+](=O)[O-])NCC(C(C)C)N1CCOCC1.I. The van der Waals surface area contributed by atoms with Gasteiger partial charge in [-0.2, -0.15) is 0 Å². The fraction of sp³-hybridized carbons (Fsp3) is 0.611. The predicted octanol–water partition coefficient (Wildman–Crippen LogP) is 2.23. The van der Waals surface area contributed by atoms with Crippen LogP contribution in [0.2, 0.25) is 0 Å². The molecule has 2 N–H and O–H groups in total. The first-order valence-corrected chi connectivity index (χ1v) is 9.01. The summed E-state index contributed by atoms with van der Waals surface area (Å²) in [5.41, 5.74) is 0.748. The number of benzene rings is 1. The fourth-order valence-corrected chi connectivity index (χ4v) is 3.13. The Hall–Kier alpha value is -1.46. The Morgan fingerprint density at radius 3 is 2.56 bits per heavy atom. The molecule has 1 heterocycles. The van der Waals surface area contributed by atoms with Crippen molar-refractivity contribution in [1.82, 2.24) is 15.5 Å². The molecule has 1 aliphatic rings. The highest BCUT2D eigenvalue weighted by atomic mass is 127. The zero-order chi connectivity index (χ0) is 18.9. The third-order valence-corrected chi connectivity index (χ3v) is 4.62. The van der Waals surface area contributed by atoms with Crippen molar-refractivity contribution in [3.05, 3.63) is 39.9 Å². The molecule has 27 heavy (non-hydrogen) atoms. The van der Waals surface area contributed by atoms with E-state index in [1.807, 2.05) is 0 Å². The van der Waals surface area contributed by atoms with Crippen LogP contribution in [0.5, 0.6) is 0 Å². The van der Waals surface area contributed by atoms with Crippen LogP contribution in [0, 0.1) is 16.0 Å². The lowest BCUT2D eigenvalue weighted by atomic mass is 10.0. The smallest absolute Gasteiger partial charge is 0.274 e. The molecule has 0 spiro atoms. The van der Waals surface area contributed by atoms with Crippen LogP contribution in [0.15, 0.2) is 29.3 Å². The number of hydrogen-bond acceptors (Lipinski definition) is 5. The number of aliphatic imine (C=N–C) groups is 1. The molecule has 0 radical (unpaired) electrons. The summed E-state index contributed by atoms with van der Waals surface area (Å²) < 4.78 is 5.44. The van der Waals surface area contributed by atoms with Crippen LogP contribution in [0.4, 0.5) is 5.69 Å². The zero-order valence-corrected chi connectivity index (χ0v) is 18.5. The molecule has 1 aromatic carbocycles. The van der Waals surface area contributed by atoms with Crippen LogP contribution in [0.1, 0.15) is 19.4 Å². The molecule has 8 nitrogen and oxygen atoms in total. The van der Waals surface area contributed by atoms with Crippen LogP contribution in [0.25, 0.3) is 0 Å². The first-order chi connectivity index (χ1) is 12.5. The molecule has 1 saturated heterocycles. The number of morpholine rings is 1. The normalized spacial score (nSPS) is 16.5. The molecule has 1 unspecified atom stereocenters. The highest BCUT2D eigenvalue weighted by Gasteiger charge is 2.24. The molecular formula is C18H30IN5O3. The van der Waals surface area contributed by atoms with Gasteiger partial charge in [-0.3, -0.25) is 20.0 Å². The average Bonchev–Trinajstić information content (AvgIpc) is 2.65. The van der Waals surface area contributed by atoms with Gasteiger partial charge in [-0.25, -0.2) is 0 Å². The van der Waals surface area contributed by atoms with Crippen molar-refractivity contribution in [2.45, 2.75) is 26.4 Å². The summed E-state index contributed by atoms with van der Waals surface area (Å²) in [6, 6.07) is 7.12. The molecule has 1 aromatic rings. The van der Waals surface area contributed by atoms with Crippen molar-refractivity contribution in [3.8, 4) is 0 Å². The van der Waals surface area contributed by atoms with Gasteiger partial charge in [-0.15, -0.1) is 24.0 Å². The van der Waals surface area contributed by atoms with Gasteiger partial charge >= 0.3 is 0 Å². The number of para-hydroxylation sites is 1. The van der Waals surface area contributed by atoms with E-state index in [0.29, 0.717) is 30.0 Å². The molecule has 152 valence electrons. The summed E-state index contributed by atoms with van der Waals surface area (Å²) in [7, 11) is 1.70. The summed E-state index contributed by atoms with van der Waals surface area (Å²) in [6.07, 6.45) is 0. The molecule has 0 bridgehead atoms. The number of rotatable bonds is 7. The lowest BCUT2D eigenvalue weighted by molar-refractivity contribution is -0.385. The summed E-state index contributed by atoms with van der Waals surface area (Å²) in [5, 5.41) is 17.6. The Morgan fingerprint density at radius 2 is 1.96 bits per heavy atom. The maximum atomic E-state index is 11.1. The summed E-state index contributed by atoms with van der Waals surface area (Å²) in [4.78, 5) is 17.4. The number of nitrogens with one attached hydrogen (secondary N) is 2. The van der Waals surface area contributed by atoms with Gasteiger partial charge in [0.25, 0.3) is 5.69 Å². The summed E-state index contributed by atoms with van der Waals surface area (Å²) in [5.74, 6) is 1.14. The number of nitrogens with zero attached hydrogens (tertiary/aromatic N) is 3. The van der Waals surface area contributed by atoms with Gasteiger partial charge in [0.05, 0.1) is 18.1 Å². The van der Waals surface area contributed by atoms with E-state index in [9.17, 15) is 10.1 Å². The molecule has 1 atom stereocenters. The largest absolute Gasteiger partial charge is 0.379 e. The van der Waals surface area contributed by atoms with Gasteiger partial charge in [0.2, 0.25) is 0 Å². The van der Waals surface area contributed by atoms with Gasteiger partial charge in [-0.05, 0) is 5.92 Å². The van der Waals surface area contributed by atoms with Crippen LogP contribution in [-0.4, -0.2) is 61.7 Å². The Kier molecular flexibility index (Phi) is 10.6. The van der Waals surface area contributed by atoms with Crippen LogP contribution in [0.3, 0.4) is 0 Å². The van der Waals surface area contributed by atoms with E-state index in [4.69, 9.17) is 4.74 Å². The number of guanidine groups is 1. The summed E-state index contributed by atoms with van der Waals surface area (Å²) in [6.45, 7) is 8.95. The van der Waals surface area contributed by atoms with Crippen molar-refractivity contribution in [1.29, 1.82) is 0 Å². The van der Waals surface area contributed by atoms with Gasteiger partial charge in [-0.1, -0.05) is 32.0 Å². The topological polar surface area (TPSA) is 92.0 Å². The third kappa shape index (κ3) is 7.23. The van der Waals surface area contributed by atoms with Crippen molar-refractivity contribution >= 4 is 35.6 Å². The third-order valence-electron chi connectivity index (χ3n) is 4.62. The molecule has 1 fully saturated rings. The highest BCUT2D eigenvalue weighted by Crippen LogP contribution is 2.17. The second-order valence-corrected chi connectivity index (χ2v) is 6.65. The van der Waals surface area contributed by atoms with E-state index in [-0.39, 0.29) is 34.6 Å². The molecule has 1 aliphatic heterocycles. The molecule has 0 aliphatic carbocycles. The van der Waals surface area contributed by atoms with Gasteiger partial charge in [0.15, 0.2) is 5.96 Å². The van der Waals surface area contributed by atoms with Crippen molar-refractivity contribution in [2.24, 2.45) is 10.9 Å². The Labute approximate surface area is 177 Å². The average molecular weight is 491 g/mol. The van der Waals surface area contributed by atoms with Gasteiger partial charge in [0, 0.05) is 50.9 Å². The Balaban J connectivity index is 0.00000364. The van der Waals surface area contributed by atoms with Gasteiger partial charge in [0.1, 0.15) is 0 Å². The lowest BCUT2D eigenvalue weighted by Gasteiger charge is -2.37. The highest BCUT2D eigenvalue weighted by molar-refractivity contribution is 14.0. The minimum absolute atomic E-state index is 0. The standard InChI is InChI=1S/C18H29N5O3.HI/c1-14(2)17(22-8-10-26-11-9-22)13-21-18(19-3)20-12-15-6-4-5-7-16(15)23(24)25;/h4-7,14,17H,8-13H2,1-3H3,(H2,19,20,21);1H. The monoisotopic (exact) mass is 491 g/mol. The quantitative estimate of drug-likeness (QED) is 0.200. The first-order valence-electron chi connectivity index (χ1n) is 9.01. The van der Waals surface area contributed by atoms with Crippen molar-refractivity contribution in [3.63, 3.8) is 0 Å². The predicted molar refractivity (Wildman–Crippen MR) is 118 cm³/mol.